The van der Waals surface area contributed by atoms with Gasteiger partial charge in [0, 0.05) is 13.1 Å². The molecule has 0 aliphatic rings. The van der Waals surface area contributed by atoms with Crippen LogP contribution >= 0.6 is 11.6 Å². The predicted octanol–water partition coefficient (Wildman–Crippen LogP) is 2.34. The number of rotatable bonds is 6. The van der Waals surface area contributed by atoms with E-state index in [1.807, 2.05) is 6.92 Å². The van der Waals surface area contributed by atoms with Gasteiger partial charge in [0.05, 0.1) is 10.6 Å². The highest BCUT2D eigenvalue weighted by Gasteiger charge is 2.21. The topological polar surface area (TPSA) is 49.8 Å². The van der Waals surface area contributed by atoms with Crippen molar-refractivity contribution in [2.45, 2.75) is 26.4 Å². The average molecular weight is 286 g/mol. The number of halogens is 1. The Hall–Kier alpha value is -1.26. The van der Waals surface area contributed by atoms with Gasteiger partial charge >= 0.3 is 0 Å². The Morgan fingerprint density at radius 3 is 2.58 bits per heavy atom. The standard InChI is InChI=1S/C14H20ClNO3/c1-4-16(10-14(2,3)18)13(17)9-19-12-8-6-5-7-11(12)15/h5-8,18H,4,9-10H2,1-3H3. The van der Waals surface area contributed by atoms with Gasteiger partial charge in [-0.15, -0.1) is 0 Å². The number of ether oxygens (including phenoxy) is 1. The van der Waals surface area contributed by atoms with Crippen LogP contribution in [0.1, 0.15) is 20.8 Å². The van der Waals surface area contributed by atoms with Gasteiger partial charge in [0.2, 0.25) is 0 Å². The molecule has 1 aromatic carbocycles. The maximum atomic E-state index is 12.0. The van der Waals surface area contributed by atoms with Gasteiger partial charge in [0.1, 0.15) is 5.75 Å². The number of benzene rings is 1. The van der Waals surface area contributed by atoms with Crippen LogP contribution in [0.25, 0.3) is 0 Å². The molecule has 0 spiro atoms. The second kappa shape index (κ2) is 6.78. The zero-order valence-corrected chi connectivity index (χ0v) is 12.3. The van der Waals surface area contributed by atoms with Crippen molar-refractivity contribution < 1.29 is 14.6 Å². The second-order valence-electron chi connectivity index (χ2n) is 4.94. The van der Waals surface area contributed by atoms with Gasteiger partial charge in [-0.2, -0.15) is 0 Å². The van der Waals surface area contributed by atoms with Gasteiger partial charge in [0.15, 0.2) is 6.61 Å². The van der Waals surface area contributed by atoms with E-state index in [-0.39, 0.29) is 19.1 Å². The summed E-state index contributed by atoms with van der Waals surface area (Å²) in [5.74, 6) is 0.307. The monoisotopic (exact) mass is 285 g/mol. The van der Waals surface area contributed by atoms with Gasteiger partial charge in [-0.3, -0.25) is 4.79 Å². The average Bonchev–Trinajstić information content (AvgIpc) is 2.33. The molecule has 0 unspecified atom stereocenters. The van der Waals surface area contributed by atoms with Crippen LogP contribution < -0.4 is 4.74 Å². The first-order valence-corrected chi connectivity index (χ1v) is 6.59. The third-order valence-electron chi connectivity index (χ3n) is 2.50. The lowest BCUT2D eigenvalue weighted by Crippen LogP contribution is -2.44. The van der Waals surface area contributed by atoms with Crippen molar-refractivity contribution >= 4 is 17.5 Å². The van der Waals surface area contributed by atoms with Crippen molar-refractivity contribution in [1.29, 1.82) is 0 Å². The molecule has 1 N–H and O–H groups in total. The van der Waals surface area contributed by atoms with E-state index in [2.05, 4.69) is 0 Å². The summed E-state index contributed by atoms with van der Waals surface area (Å²) in [6, 6.07) is 7.00. The molecule has 0 saturated heterocycles. The maximum absolute atomic E-state index is 12.0. The fraction of sp³-hybridized carbons (Fsp3) is 0.500. The summed E-state index contributed by atoms with van der Waals surface area (Å²) in [6.45, 7) is 5.89. The van der Waals surface area contributed by atoms with Crippen molar-refractivity contribution in [2.75, 3.05) is 19.7 Å². The molecule has 0 saturated carbocycles. The normalized spacial score (nSPS) is 11.2. The Morgan fingerprint density at radius 1 is 1.42 bits per heavy atom. The Labute approximate surface area is 118 Å². The molecule has 0 bridgehead atoms. The van der Waals surface area contributed by atoms with Crippen molar-refractivity contribution in [3.05, 3.63) is 29.3 Å². The molecule has 0 heterocycles. The van der Waals surface area contributed by atoms with Crippen LogP contribution in [0.2, 0.25) is 5.02 Å². The fourth-order valence-corrected chi connectivity index (χ4v) is 1.83. The molecule has 4 nitrogen and oxygen atoms in total. The second-order valence-corrected chi connectivity index (χ2v) is 5.35. The third kappa shape index (κ3) is 5.49. The quantitative estimate of drug-likeness (QED) is 0.873. The van der Waals surface area contributed by atoms with Crippen LogP contribution in [0.3, 0.4) is 0 Å². The summed E-state index contributed by atoms with van der Waals surface area (Å²) in [5, 5.41) is 10.2. The van der Waals surface area contributed by atoms with Crippen molar-refractivity contribution in [3.8, 4) is 5.75 Å². The van der Waals surface area contributed by atoms with Gasteiger partial charge in [0.25, 0.3) is 5.91 Å². The number of nitrogens with zero attached hydrogens (tertiary/aromatic N) is 1. The highest BCUT2D eigenvalue weighted by Crippen LogP contribution is 2.23. The van der Waals surface area contributed by atoms with Gasteiger partial charge in [-0.05, 0) is 32.9 Å². The highest BCUT2D eigenvalue weighted by molar-refractivity contribution is 6.32. The highest BCUT2D eigenvalue weighted by atomic mass is 35.5. The molecule has 1 aromatic rings. The number of carbonyl (C=O) groups is 1. The van der Waals surface area contributed by atoms with E-state index in [0.29, 0.717) is 17.3 Å². The van der Waals surface area contributed by atoms with Crippen LogP contribution in [-0.4, -0.2) is 41.2 Å². The number of amides is 1. The fourth-order valence-electron chi connectivity index (χ4n) is 1.64. The van der Waals surface area contributed by atoms with E-state index in [1.165, 1.54) is 0 Å². The minimum Gasteiger partial charge on any atom is -0.482 e. The molecule has 0 aromatic heterocycles. The smallest absolute Gasteiger partial charge is 0.260 e. The minimum absolute atomic E-state index is 0.0896. The van der Waals surface area contributed by atoms with E-state index >= 15 is 0 Å². The third-order valence-corrected chi connectivity index (χ3v) is 2.81. The molecular formula is C14H20ClNO3. The summed E-state index contributed by atoms with van der Waals surface area (Å²) in [6.07, 6.45) is 0. The lowest BCUT2D eigenvalue weighted by molar-refractivity contribution is -0.136. The molecule has 0 aliphatic carbocycles. The van der Waals surface area contributed by atoms with Gasteiger partial charge < -0.3 is 14.7 Å². The first-order valence-electron chi connectivity index (χ1n) is 6.21. The van der Waals surface area contributed by atoms with E-state index in [0.717, 1.165) is 0 Å². The number of hydrogen-bond acceptors (Lipinski definition) is 3. The molecule has 1 amide bonds. The summed E-state index contributed by atoms with van der Waals surface area (Å²) in [7, 11) is 0. The van der Waals surface area contributed by atoms with Crippen molar-refractivity contribution in [3.63, 3.8) is 0 Å². The van der Waals surface area contributed by atoms with E-state index in [4.69, 9.17) is 16.3 Å². The summed E-state index contributed by atoms with van der Waals surface area (Å²) >= 11 is 5.94. The zero-order valence-electron chi connectivity index (χ0n) is 11.5. The molecular weight excluding hydrogens is 266 g/mol. The Morgan fingerprint density at radius 2 is 2.05 bits per heavy atom. The number of likely N-dealkylation sites (N-methyl/N-ethyl adjacent to an activating group) is 1. The maximum Gasteiger partial charge on any atom is 0.260 e. The summed E-state index contributed by atoms with van der Waals surface area (Å²) in [5.41, 5.74) is -0.921. The Kier molecular flexibility index (Phi) is 5.63. The van der Waals surface area contributed by atoms with Crippen molar-refractivity contribution in [1.82, 2.24) is 4.90 Å². The van der Waals surface area contributed by atoms with Gasteiger partial charge in [-0.1, -0.05) is 23.7 Å². The van der Waals surface area contributed by atoms with Crippen molar-refractivity contribution in [2.24, 2.45) is 0 Å². The van der Waals surface area contributed by atoms with E-state index in [1.54, 1.807) is 43.0 Å². The van der Waals surface area contributed by atoms with Crippen LogP contribution in [-0.2, 0) is 4.79 Å². The van der Waals surface area contributed by atoms with Crippen LogP contribution in [0.5, 0.6) is 5.75 Å². The number of carbonyl (C=O) groups excluding carboxylic acids is 1. The molecule has 106 valence electrons. The van der Waals surface area contributed by atoms with E-state index in [9.17, 15) is 9.90 Å². The lowest BCUT2D eigenvalue weighted by Gasteiger charge is -2.28. The van der Waals surface area contributed by atoms with Crippen LogP contribution in [0, 0.1) is 0 Å². The number of hydrogen-bond donors (Lipinski definition) is 1. The molecule has 0 aliphatic heterocycles. The molecule has 0 fully saturated rings. The predicted molar refractivity (Wildman–Crippen MR) is 75.5 cm³/mol. The summed E-state index contributed by atoms with van der Waals surface area (Å²) < 4.78 is 5.39. The summed E-state index contributed by atoms with van der Waals surface area (Å²) in [4.78, 5) is 13.5. The largest absolute Gasteiger partial charge is 0.482 e. The minimum atomic E-state index is -0.921. The molecule has 19 heavy (non-hydrogen) atoms. The number of para-hydroxylation sites is 1. The SMILES string of the molecule is CCN(CC(C)(C)O)C(=O)COc1ccccc1Cl. The molecule has 0 atom stereocenters. The first kappa shape index (κ1) is 15.8. The molecule has 1 rings (SSSR count). The lowest BCUT2D eigenvalue weighted by atomic mass is 10.1. The molecule has 5 heteroatoms. The van der Waals surface area contributed by atoms with Crippen LogP contribution in [0.4, 0.5) is 0 Å². The number of aliphatic hydroxyl groups is 1. The Bertz CT molecular complexity index is 429. The van der Waals surface area contributed by atoms with Gasteiger partial charge in [-0.25, -0.2) is 0 Å². The van der Waals surface area contributed by atoms with E-state index < -0.39 is 5.60 Å². The first-order chi connectivity index (χ1) is 8.83. The Balaban J connectivity index is 2.57. The van der Waals surface area contributed by atoms with Crippen LogP contribution in [0.15, 0.2) is 24.3 Å². The molecule has 0 radical (unpaired) electrons. The zero-order chi connectivity index (χ0) is 14.5.